The van der Waals surface area contributed by atoms with Gasteiger partial charge in [0.15, 0.2) is 0 Å². The van der Waals surface area contributed by atoms with Gasteiger partial charge in [0.1, 0.15) is 0 Å². The van der Waals surface area contributed by atoms with E-state index in [1.54, 1.807) is 0 Å². The number of hydrogen-bond donors (Lipinski definition) is 2. The Bertz CT molecular complexity index is 398. The molecule has 124 valence electrons. The highest BCUT2D eigenvalue weighted by molar-refractivity contribution is 5.84. The number of rotatable bonds is 7. The largest absolute Gasteiger partial charge is 0.355 e. The molecule has 0 radical (unpaired) electrons. The topological polar surface area (TPSA) is 58.2 Å². The third-order valence-corrected chi connectivity index (χ3v) is 6.00. The van der Waals surface area contributed by atoms with E-state index in [0.717, 1.165) is 30.6 Å². The summed E-state index contributed by atoms with van der Waals surface area (Å²) in [6, 6.07) is 0. The Morgan fingerprint density at radius 2 is 1.55 bits per heavy atom. The van der Waals surface area contributed by atoms with Crippen LogP contribution in [0.25, 0.3) is 0 Å². The summed E-state index contributed by atoms with van der Waals surface area (Å²) in [5, 5.41) is 5.68. The molecular formula is C18H30N2O2. The third kappa shape index (κ3) is 3.64. The molecule has 22 heavy (non-hydrogen) atoms. The standard InChI is InChI=1S/C18H30N2O2/c1-2-3-4-19-17(22)12-20-16(21)11-18-8-13-5-14(9-18)7-15(6-13)10-18/h13-15H,2-12H2,1H3,(H,19,22)(H,20,21). The van der Waals surface area contributed by atoms with Crippen LogP contribution < -0.4 is 10.6 Å². The first kappa shape index (κ1) is 15.8. The van der Waals surface area contributed by atoms with Crippen molar-refractivity contribution in [1.29, 1.82) is 0 Å². The van der Waals surface area contributed by atoms with Crippen LogP contribution in [0.1, 0.15) is 64.7 Å². The maximum Gasteiger partial charge on any atom is 0.239 e. The Morgan fingerprint density at radius 3 is 2.09 bits per heavy atom. The molecule has 4 fully saturated rings. The number of amides is 2. The molecule has 0 aromatic heterocycles. The van der Waals surface area contributed by atoms with Crippen molar-refractivity contribution in [2.75, 3.05) is 13.1 Å². The SMILES string of the molecule is CCCCNC(=O)CNC(=O)CC12CC3CC(CC(C3)C1)C2. The van der Waals surface area contributed by atoms with Crippen LogP contribution in [-0.2, 0) is 9.59 Å². The molecule has 0 spiro atoms. The van der Waals surface area contributed by atoms with E-state index in [1.165, 1.54) is 38.5 Å². The normalized spacial score (nSPS) is 35.4. The van der Waals surface area contributed by atoms with Gasteiger partial charge in [0.2, 0.25) is 11.8 Å². The highest BCUT2D eigenvalue weighted by atomic mass is 16.2. The minimum Gasteiger partial charge on any atom is -0.355 e. The zero-order chi connectivity index (χ0) is 15.6. The Morgan fingerprint density at radius 1 is 0.955 bits per heavy atom. The number of nitrogens with one attached hydrogen (secondary N) is 2. The second-order valence-corrected chi connectivity index (χ2v) is 8.07. The fourth-order valence-electron chi connectivity index (χ4n) is 5.56. The molecule has 0 saturated heterocycles. The van der Waals surface area contributed by atoms with E-state index in [2.05, 4.69) is 17.6 Å². The molecule has 0 heterocycles. The lowest BCUT2D eigenvalue weighted by molar-refractivity contribution is -0.131. The molecule has 0 aromatic rings. The Kier molecular flexibility index (Phi) is 4.74. The molecule has 2 amide bonds. The predicted molar refractivity (Wildman–Crippen MR) is 86.1 cm³/mol. The molecular weight excluding hydrogens is 276 g/mol. The lowest BCUT2D eigenvalue weighted by Crippen LogP contribution is -2.48. The zero-order valence-electron chi connectivity index (χ0n) is 13.8. The highest BCUT2D eigenvalue weighted by Gasteiger charge is 2.51. The van der Waals surface area contributed by atoms with Crippen molar-refractivity contribution in [3.63, 3.8) is 0 Å². The summed E-state index contributed by atoms with van der Waals surface area (Å²) in [5.74, 6) is 2.63. The average Bonchev–Trinajstić information content (AvgIpc) is 2.43. The van der Waals surface area contributed by atoms with Crippen molar-refractivity contribution in [3.05, 3.63) is 0 Å². The predicted octanol–water partition coefficient (Wildman–Crippen LogP) is 2.63. The molecule has 0 aromatic carbocycles. The summed E-state index contributed by atoms with van der Waals surface area (Å²) >= 11 is 0. The molecule has 4 rings (SSSR count). The minimum absolute atomic E-state index is 0.0627. The first-order valence-corrected chi connectivity index (χ1v) is 9.12. The van der Waals surface area contributed by atoms with Gasteiger partial charge in [0, 0.05) is 13.0 Å². The van der Waals surface area contributed by atoms with Crippen LogP contribution in [0.15, 0.2) is 0 Å². The van der Waals surface area contributed by atoms with E-state index < -0.39 is 0 Å². The second kappa shape index (κ2) is 6.59. The lowest BCUT2D eigenvalue weighted by atomic mass is 9.49. The average molecular weight is 306 g/mol. The van der Waals surface area contributed by atoms with Crippen LogP contribution in [-0.4, -0.2) is 24.9 Å². The molecule has 4 bridgehead atoms. The maximum absolute atomic E-state index is 12.3. The monoisotopic (exact) mass is 306 g/mol. The molecule has 0 unspecified atom stereocenters. The zero-order valence-corrected chi connectivity index (χ0v) is 13.8. The third-order valence-electron chi connectivity index (χ3n) is 6.00. The van der Waals surface area contributed by atoms with E-state index in [9.17, 15) is 9.59 Å². The maximum atomic E-state index is 12.3. The minimum atomic E-state index is -0.0627. The van der Waals surface area contributed by atoms with Gasteiger partial charge in [0.25, 0.3) is 0 Å². The van der Waals surface area contributed by atoms with Crippen molar-refractivity contribution in [2.24, 2.45) is 23.2 Å². The Labute approximate surface area is 133 Å². The summed E-state index contributed by atoms with van der Waals surface area (Å²) < 4.78 is 0. The van der Waals surface area contributed by atoms with E-state index in [4.69, 9.17) is 0 Å². The van der Waals surface area contributed by atoms with Crippen LogP contribution in [0.3, 0.4) is 0 Å². The summed E-state index contributed by atoms with van der Waals surface area (Å²) in [6.07, 6.45) is 10.6. The lowest BCUT2D eigenvalue weighted by Gasteiger charge is -2.56. The number of hydrogen-bond acceptors (Lipinski definition) is 2. The summed E-state index contributed by atoms with van der Waals surface area (Å²) in [6.45, 7) is 2.94. The quantitative estimate of drug-likeness (QED) is 0.710. The second-order valence-electron chi connectivity index (χ2n) is 8.07. The van der Waals surface area contributed by atoms with Crippen molar-refractivity contribution >= 4 is 11.8 Å². The van der Waals surface area contributed by atoms with E-state index in [1.807, 2.05) is 0 Å². The van der Waals surface area contributed by atoms with Crippen LogP contribution in [0.2, 0.25) is 0 Å². The van der Waals surface area contributed by atoms with Gasteiger partial charge in [-0.05, 0) is 68.1 Å². The fraction of sp³-hybridized carbons (Fsp3) is 0.889. The van der Waals surface area contributed by atoms with Gasteiger partial charge in [-0.1, -0.05) is 13.3 Å². The molecule has 4 aliphatic carbocycles. The molecule has 4 nitrogen and oxygen atoms in total. The number of unbranched alkanes of at least 4 members (excludes halogenated alkanes) is 1. The van der Waals surface area contributed by atoms with Gasteiger partial charge in [-0.3, -0.25) is 9.59 Å². The van der Waals surface area contributed by atoms with E-state index in [0.29, 0.717) is 13.0 Å². The summed E-state index contributed by atoms with van der Waals surface area (Å²) in [7, 11) is 0. The fourth-order valence-corrected chi connectivity index (χ4v) is 5.56. The molecule has 2 N–H and O–H groups in total. The van der Waals surface area contributed by atoms with Gasteiger partial charge in [-0.25, -0.2) is 0 Å². The summed E-state index contributed by atoms with van der Waals surface area (Å²) in [5.41, 5.74) is 0.261. The smallest absolute Gasteiger partial charge is 0.239 e. The molecule has 4 saturated carbocycles. The first-order chi connectivity index (χ1) is 10.6. The van der Waals surface area contributed by atoms with Crippen molar-refractivity contribution < 1.29 is 9.59 Å². The number of carbonyl (C=O) groups is 2. The van der Waals surface area contributed by atoms with Crippen molar-refractivity contribution in [1.82, 2.24) is 10.6 Å². The molecule has 4 aliphatic rings. The first-order valence-electron chi connectivity index (χ1n) is 9.12. The van der Waals surface area contributed by atoms with Gasteiger partial charge in [-0.2, -0.15) is 0 Å². The van der Waals surface area contributed by atoms with E-state index >= 15 is 0 Å². The van der Waals surface area contributed by atoms with Gasteiger partial charge >= 0.3 is 0 Å². The van der Waals surface area contributed by atoms with E-state index in [-0.39, 0.29) is 23.8 Å². The van der Waals surface area contributed by atoms with Crippen LogP contribution in [0.4, 0.5) is 0 Å². The molecule has 4 heteroatoms. The van der Waals surface area contributed by atoms with Crippen LogP contribution >= 0.6 is 0 Å². The van der Waals surface area contributed by atoms with Gasteiger partial charge in [0.05, 0.1) is 6.54 Å². The molecule has 0 aliphatic heterocycles. The highest BCUT2D eigenvalue weighted by Crippen LogP contribution is 2.61. The van der Waals surface area contributed by atoms with Crippen molar-refractivity contribution in [2.45, 2.75) is 64.7 Å². The Balaban J connectivity index is 1.43. The molecule has 0 atom stereocenters. The summed E-state index contributed by atoms with van der Waals surface area (Å²) in [4.78, 5) is 23.9. The van der Waals surface area contributed by atoms with Gasteiger partial charge in [-0.15, -0.1) is 0 Å². The van der Waals surface area contributed by atoms with Crippen LogP contribution in [0, 0.1) is 23.2 Å². The Hall–Kier alpha value is -1.06. The van der Waals surface area contributed by atoms with Crippen molar-refractivity contribution in [3.8, 4) is 0 Å². The van der Waals surface area contributed by atoms with Crippen LogP contribution in [0.5, 0.6) is 0 Å². The van der Waals surface area contributed by atoms with Gasteiger partial charge < -0.3 is 10.6 Å². The number of carbonyl (C=O) groups excluding carboxylic acids is 2.